The van der Waals surface area contributed by atoms with Crippen molar-refractivity contribution < 1.29 is 9.84 Å². The molecule has 4 rings (SSSR count). The number of rotatable bonds is 5. The van der Waals surface area contributed by atoms with E-state index in [1.54, 1.807) is 6.07 Å². The Morgan fingerprint density at radius 3 is 2.52 bits per heavy atom. The van der Waals surface area contributed by atoms with Crippen molar-refractivity contribution in [3.05, 3.63) is 23.3 Å². The summed E-state index contributed by atoms with van der Waals surface area (Å²) in [6.07, 6.45) is 7.86. The van der Waals surface area contributed by atoms with E-state index in [2.05, 4.69) is 23.6 Å². The topological polar surface area (TPSA) is 53.5 Å². The number of unbranched alkanes of at least 4 members (excludes halogenated alkanes) is 1. The Morgan fingerprint density at radius 1 is 1.11 bits per heavy atom. The van der Waals surface area contributed by atoms with Crippen LogP contribution in [-0.4, -0.2) is 38.4 Å². The minimum atomic E-state index is 0.272. The van der Waals surface area contributed by atoms with Gasteiger partial charge in [-0.05, 0) is 70.3 Å². The van der Waals surface area contributed by atoms with Crippen LogP contribution >= 0.6 is 0 Å². The molecule has 1 fully saturated rings. The average molecular weight is 377 g/mol. The highest BCUT2D eigenvalue weighted by Gasteiger charge is 2.49. The lowest BCUT2D eigenvalue weighted by Crippen LogP contribution is -2.42. The molecule has 4 nitrogen and oxygen atoms in total. The third-order valence-corrected chi connectivity index (χ3v) is 6.12. The number of aryl methyl sites for hydroxylation is 1. The van der Waals surface area contributed by atoms with Crippen molar-refractivity contribution >= 4 is 0 Å². The molecule has 0 spiro atoms. The Bertz CT molecular complexity index is 572. The largest absolute Gasteiger partial charge is 0.504 e. The second-order valence-corrected chi connectivity index (χ2v) is 7.75. The molecule has 0 saturated heterocycles. The zero-order chi connectivity index (χ0) is 19.8. The van der Waals surface area contributed by atoms with Crippen molar-refractivity contribution in [2.45, 2.75) is 71.3 Å². The summed E-state index contributed by atoms with van der Waals surface area (Å²) in [5.41, 5.74) is 2.74. The molecule has 27 heavy (non-hydrogen) atoms. The highest BCUT2D eigenvalue weighted by Crippen LogP contribution is 2.57. The minimum absolute atomic E-state index is 0.272. The summed E-state index contributed by atoms with van der Waals surface area (Å²) in [6, 6.07) is 3.90. The number of benzene rings is 1. The van der Waals surface area contributed by atoms with Crippen LogP contribution in [0.5, 0.6) is 11.5 Å². The van der Waals surface area contributed by atoms with Gasteiger partial charge in [-0.1, -0.05) is 33.3 Å². The highest BCUT2D eigenvalue weighted by atomic mass is 16.5. The summed E-state index contributed by atoms with van der Waals surface area (Å²) in [4.78, 5) is 0. The minimum Gasteiger partial charge on any atom is -0.504 e. The molecule has 0 radical (unpaired) electrons. The molecular weight excluding hydrogens is 336 g/mol. The normalized spacial score (nSPS) is 26.7. The van der Waals surface area contributed by atoms with Crippen LogP contribution in [0.2, 0.25) is 0 Å². The zero-order valence-corrected chi connectivity index (χ0v) is 18.0. The van der Waals surface area contributed by atoms with Gasteiger partial charge in [-0.25, -0.2) is 0 Å². The van der Waals surface area contributed by atoms with Crippen LogP contribution < -0.4 is 15.4 Å². The third-order valence-electron chi connectivity index (χ3n) is 6.12. The molecule has 154 valence electrons. The van der Waals surface area contributed by atoms with E-state index in [0.29, 0.717) is 17.6 Å². The average Bonchev–Trinajstić information content (AvgIpc) is 3.12. The number of ether oxygens (including phenoxy) is 1. The van der Waals surface area contributed by atoms with Gasteiger partial charge in [0.2, 0.25) is 0 Å². The predicted molar refractivity (Wildman–Crippen MR) is 114 cm³/mol. The smallest absolute Gasteiger partial charge is 0.165 e. The first kappa shape index (κ1) is 22.0. The fourth-order valence-corrected chi connectivity index (χ4v) is 4.87. The maximum atomic E-state index is 10.1. The second-order valence-electron chi connectivity index (χ2n) is 7.75. The molecule has 1 heterocycles. The van der Waals surface area contributed by atoms with Gasteiger partial charge in [-0.3, -0.25) is 0 Å². The molecule has 0 aromatic heterocycles. The van der Waals surface area contributed by atoms with Crippen LogP contribution in [0.3, 0.4) is 0 Å². The lowest BCUT2D eigenvalue weighted by atomic mass is 9.64. The molecule has 4 heteroatoms. The third kappa shape index (κ3) is 4.78. The summed E-state index contributed by atoms with van der Waals surface area (Å²) >= 11 is 0. The van der Waals surface area contributed by atoms with Gasteiger partial charge >= 0.3 is 0 Å². The molecule has 0 amide bonds. The summed E-state index contributed by atoms with van der Waals surface area (Å²) in [7, 11) is 3.99. The monoisotopic (exact) mass is 376 g/mol. The van der Waals surface area contributed by atoms with Crippen LogP contribution in [0.15, 0.2) is 12.1 Å². The van der Waals surface area contributed by atoms with E-state index in [1.165, 1.54) is 43.2 Å². The summed E-state index contributed by atoms with van der Waals surface area (Å²) < 4.78 is 6.21. The highest BCUT2D eigenvalue weighted by molar-refractivity contribution is 5.56. The van der Waals surface area contributed by atoms with Crippen LogP contribution in [0.4, 0.5) is 0 Å². The van der Waals surface area contributed by atoms with Crippen LogP contribution in [0.1, 0.15) is 69.9 Å². The number of aromatic hydroxyl groups is 1. The summed E-state index contributed by atoms with van der Waals surface area (Å²) in [5, 5.41) is 16.5. The first-order valence-electron chi connectivity index (χ1n) is 11.0. The Balaban J connectivity index is 0.000000283. The van der Waals surface area contributed by atoms with E-state index < -0.39 is 0 Å². The van der Waals surface area contributed by atoms with Gasteiger partial charge in [-0.2, -0.15) is 0 Å². The van der Waals surface area contributed by atoms with Crippen molar-refractivity contribution in [2.24, 2.45) is 11.8 Å². The number of phenolic OH excluding ortho intramolecular Hbond substituents is 1. The van der Waals surface area contributed by atoms with Crippen molar-refractivity contribution in [2.75, 3.05) is 27.2 Å². The summed E-state index contributed by atoms with van der Waals surface area (Å²) in [5.74, 6) is 2.98. The number of nitrogens with one attached hydrogen (secondary N) is 2. The van der Waals surface area contributed by atoms with Crippen LogP contribution in [0, 0.1) is 11.8 Å². The van der Waals surface area contributed by atoms with Crippen molar-refractivity contribution in [3.8, 4) is 11.5 Å². The Hall–Kier alpha value is -1.26. The zero-order valence-electron chi connectivity index (χ0n) is 18.0. The SMILES string of the molecule is CC.CCCCNC.CNCC1CCC2CCc3ccc(O)c4c3C2C1O4. The number of hydrogen-bond donors (Lipinski definition) is 3. The fraction of sp³-hybridized carbons (Fsp3) is 0.739. The lowest BCUT2D eigenvalue weighted by Gasteiger charge is -2.40. The Morgan fingerprint density at radius 2 is 1.89 bits per heavy atom. The maximum Gasteiger partial charge on any atom is 0.165 e. The molecule has 1 saturated carbocycles. The van der Waals surface area contributed by atoms with Gasteiger partial charge < -0.3 is 20.5 Å². The molecule has 2 aliphatic carbocycles. The first-order chi connectivity index (χ1) is 13.2. The Labute approximate surface area is 166 Å². The second kappa shape index (κ2) is 10.9. The molecule has 1 aliphatic heterocycles. The quantitative estimate of drug-likeness (QED) is 0.664. The van der Waals surface area contributed by atoms with Crippen LogP contribution in [-0.2, 0) is 6.42 Å². The van der Waals surface area contributed by atoms with Crippen LogP contribution in [0.25, 0.3) is 0 Å². The van der Waals surface area contributed by atoms with E-state index in [0.717, 1.165) is 31.2 Å². The van der Waals surface area contributed by atoms with Crippen molar-refractivity contribution in [1.82, 2.24) is 10.6 Å². The Kier molecular flexibility index (Phi) is 8.91. The maximum absolute atomic E-state index is 10.1. The molecule has 3 aliphatic rings. The number of hydrogen-bond acceptors (Lipinski definition) is 4. The molecule has 0 bridgehead atoms. The first-order valence-corrected chi connectivity index (χ1v) is 11.0. The van der Waals surface area contributed by atoms with E-state index in [1.807, 2.05) is 27.9 Å². The molecule has 1 aromatic carbocycles. The number of phenols is 1. The van der Waals surface area contributed by atoms with Gasteiger partial charge in [0.05, 0.1) is 0 Å². The van der Waals surface area contributed by atoms with E-state index >= 15 is 0 Å². The van der Waals surface area contributed by atoms with Gasteiger partial charge in [-0.15, -0.1) is 0 Å². The van der Waals surface area contributed by atoms with E-state index in [9.17, 15) is 5.11 Å². The predicted octanol–water partition coefficient (Wildman–Crippen LogP) is 4.46. The van der Waals surface area contributed by atoms with Crippen molar-refractivity contribution in [1.29, 1.82) is 0 Å². The molecular formula is C23H40N2O2. The van der Waals surface area contributed by atoms with Crippen molar-refractivity contribution in [3.63, 3.8) is 0 Å². The molecule has 1 aromatic rings. The molecule has 3 N–H and O–H groups in total. The van der Waals surface area contributed by atoms with E-state index in [4.69, 9.17) is 4.74 Å². The van der Waals surface area contributed by atoms with Gasteiger partial charge in [0.1, 0.15) is 6.10 Å². The van der Waals surface area contributed by atoms with E-state index in [-0.39, 0.29) is 6.10 Å². The van der Waals surface area contributed by atoms with Gasteiger partial charge in [0.25, 0.3) is 0 Å². The van der Waals surface area contributed by atoms with Gasteiger partial charge in [0, 0.05) is 23.9 Å². The molecule has 4 atom stereocenters. The van der Waals surface area contributed by atoms with Gasteiger partial charge in [0.15, 0.2) is 11.5 Å². The molecule has 4 unspecified atom stereocenters. The summed E-state index contributed by atoms with van der Waals surface area (Å²) in [6.45, 7) is 8.37. The fourth-order valence-electron chi connectivity index (χ4n) is 4.87. The lowest BCUT2D eigenvalue weighted by molar-refractivity contribution is 0.0617. The standard InChI is InChI=1S/C16H21NO2.C5H13N.C2H6/c1-17-8-11-5-4-9-2-3-10-6-7-12(18)16-14(10)13(9)15(11)19-16;1-3-4-5-6-2;1-2/h6-7,9,11,13,15,17-18H,2-5,8H2,1H3;6H,3-5H2,1-2H3;1-2H3.